The average Bonchev–Trinajstić information content (AvgIpc) is 2.94. The number of nitrogens with zero attached hydrogens (tertiary/aromatic N) is 1. The first-order valence-corrected chi connectivity index (χ1v) is 9.77. The van der Waals surface area contributed by atoms with Crippen LogP contribution in [0.1, 0.15) is 0 Å². The maximum atomic E-state index is 3.73. The third-order valence-electron chi connectivity index (χ3n) is 5.18. The molecule has 0 aliphatic carbocycles. The van der Waals surface area contributed by atoms with E-state index in [1.54, 1.807) is 0 Å². The molecule has 0 spiro atoms. The van der Waals surface area contributed by atoms with Crippen molar-refractivity contribution < 1.29 is 0 Å². The predicted molar refractivity (Wildman–Crippen MR) is 114 cm³/mol. The lowest BCUT2D eigenvalue weighted by Gasteiger charge is -2.13. The monoisotopic (exact) mass is 447 g/mol. The molecular formula is C22H11Br2N. The molecule has 0 aliphatic heterocycles. The van der Waals surface area contributed by atoms with Crippen LogP contribution in [0.15, 0.2) is 75.7 Å². The summed E-state index contributed by atoms with van der Waals surface area (Å²) in [6.45, 7) is 0. The first-order chi connectivity index (χ1) is 12.2. The lowest BCUT2D eigenvalue weighted by molar-refractivity contribution is 1.35. The molecule has 0 aliphatic rings. The summed E-state index contributed by atoms with van der Waals surface area (Å²) in [6, 6.07) is 24.2. The van der Waals surface area contributed by atoms with E-state index in [4.69, 9.17) is 0 Å². The van der Waals surface area contributed by atoms with Gasteiger partial charge in [-0.25, -0.2) is 0 Å². The van der Waals surface area contributed by atoms with Gasteiger partial charge in [0.2, 0.25) is 0 Å². The van der Waals surface area contributed by atoms with E-state index in [9.17, 15) is 0 Å². The molecule has 0 N–H and O–H groups in total. The minimum atomic E-state index is 1.12. The van der Waals surface area contributed by atoms with Gasteiger partial charge in [0, 0.05) is 30.5 Å². The van der Waals surface area contributed by atoms with Crippen molar-refractivity contribution in [2.75, 3.05) is 0 Å². The van der Waals surface area contributed by atoms with Crippen LogP contribution >= 0.6 is 31.9 Å². The van der Waals surface area contributed by atoms with Crippen molar-refractivity contribution in [1.82, 2.24) is 4.40 Å². The van der Waals surface area contributed by atoms with Crippen molar-refractivity contribution in [1.29, 1.82) is 0 Å². The summed E-state index contributed by atoms with van der Waals surface area (Å²) >= 11 is 7.42. The van der Waals surface area contributed by atoms with Gasteiger partial charge in [0.25, 0.3) is 0 Å². The van der Waals surface area contributed by atoms with Crippen molar-refractivity contribution in [3.63, 3.8) is 0 Å². The SMILES string of the molecule is Brc1cc2cccc3c2c(c1)c1cc(Br)cc2c4ccccc4n3c12. The third kappa shape index (κ3) is 1.73. The number of aromatic nitrogens is 1. The van der Waals surface area contributed by atoms with Crippen LogP contribution in [0.5, 0.6) is 0 Å². The number of hydrogen-bond donors (Lipinski definition) is 0. The highest BCUT2D eigenvalue weighted by Gasteiger charge is 2.18. The van der Waals surface area contributed by atoms with E-state index in [-0.39, 0.29) is 0 Å². The Labute approximate surface area is 160 Å². The van der Waals surface area contributed by atoms with Crippen LogP contribution in [0, 0.1) is 0 Å². The molecule has 0 saturated carbocycles. The smallest absolute Gasteiger partial charge is 0.0620 e. The van der Waals surface area contributed by atoms with Crippen molar-refractivity contribution >= 4 is 80.7 Å². The standard InChI is InChI=1S/C22H11Br2N/c23-13-8-12-4-3-7-20-21(12)16(9-13)18-11-14(24)10-17-15-5-1-2-6-19(15)25(20)22(17)18/h1-11H. The van der Waals surface area contributed by atoms with E-state index < -0.39 is 0 Å². The molecule has 1 nitrogen and oxygen atoms in total. The van der Waals surface area contributed by atoms with Gasteiger partial charge in [0.1, 0.15) is 0 Å². The van der Waals surface area contributed by atoms with E-state index in [0.717, 1.165) is 8.95 Å². The summed E-state index contributed by atoms with van der Waals surface area (Å²) < 4.78 is 4.66. The van der Waals surface area contributed by atoms with Crippen molar-refractivity contribution in [3.8, 4) is 0 Å². The number of benzene rings is 4. The van der Waals surface area contributed by atoms with Gasteiger partial charge in [-0.05, 0) is 47.2 Å². The van der Waals surface area contributed by atoms with E-state index in [1.165, 1.54) is 48.9 Å². The first kappa shape index (κ1) is 14.1. The van der Waals surface area contributed by atoms with Crippen LogP contribution in [0.3, 0.4) is 0 Å². The van der Waals surface area contributed by atoms with Crippen LogP contribution in [0.25, 0.3) is 48.9 Å². The first-order valence-electron chi connectivity index (χ1n) is 8.18. The molecule has 2 heterocycles. The zero-order valence-electron chi connectivity index (χ0n) is 13.1. The van der Waals surface area contributed by atoms with Crippen LogP contribution in [0.2, 0.25) is 0 Å². The number of hydrogen-bond acceptors (Lipinski definition) is 0. The molecule has 0 radical (unpaired) electrons. The fourth-order valence-electron chi connectivity index (χ4n) is 4.29. The topological polar surface area (TPSA) is 4.41 Å². The maximum Gasteiger partial charge on any atom is 0.0620 e. The highest BCUT2D eigenvalue weighted by atomic mass is 79.9. The summed E-state index contributed by atoms with van der Waals surface area (Å²) in [4.78, 5) is 0. The molecule has 0 fully saturated rings. The molecule has 25 heavy (non-hydrogen) atoms. The van der Waals surface area contributed by atoms with E-state index >= 15 is 0 Å². The molecule has 0 amide bonds. The molecule has 0 saturated heterocycles. The predicted octanol–water partition coefficient (Wildman–Crippen LogP) is 7.51. The summed E-state index contributed by atoms with van der Waals surface area (Å²) in [5, 5.41) is 7.75. The largest absolute Gasteiger partial charge is 0.308 e. The number of pyridine rings is 1. The van der Waals surface area contributed by atoms with Crippen LogP contribution in [0.4, 0.5) is 0 Å². The summed E-state index contributed by atoms with van der Waals surface area (Å²) in [5.74, 6) is 0. The number of para-hydroxylation sites is 1. The second kappa shape index (κ2) is 4.75. The van der Waals surface area contributed by atoms with Crippen LogP contribution in [-0.4, -0.2) is 4.40 Å². The minimum absolute atomic E-state index is 1.12. The van der Waals surface area contributed by atoms with Crippen molar-refractivity contribution in [2.24, 2.45) is 0 Å². The summed E-state index contributed by atoms with van der Waals surface area (Å²) in [7, 11) is 0. The Hall–Kier alpha value is -2.10. The Morgan fingerprint density at radius 2 is 1.28 bits per heavy atom. The highest BCUT2D eigenvalue weighted by Crippen LogP contribution is 2.42. The average molecular weight is 449 g/mol. The fraction of sp³-hybridized carbons (Fsp3) is 0. The zero-order valence-corrected chi connectivity index (χ0v) is 16.2. The summed E-state index contributed by atoms with van der Waals surface area (Å²) in [6.07, 6.45) is 0. The van der Waals surface area contributed by atoms with Gasteiger partial charge >= 0.3 is 0 Å². The third-order valence-corrected chi connectivity index (χ3v) is 6.10. The van der Waals surface area contributed by atoms with Crippen LogP contribution in [-0.2, 0) is 0 Å². The van der Waals surface area contributed by atoms with E-state index in [2.05, 4.69) is 103 Å². The second-order valence-electron chi connectivity index (χ2n) is 6.53. The van der Waals surface area contributed by atoms with Crippen molar-refractivity contribution in [3.05, 3.63) is 75.7 Å². The fourth-order valence-corrected chi connectivity index (χ4v) is 5.22. The number of rotatable bonds is 0. The van der Waals surface area contributed by atoms with E-state index in [0.29, 0.717) is 0 Å². The normalized spacial score (nSPS) is 12.4. The molecule has 2 aromatic heterocycles. The van der Waals surface area contributed by atoms with Gasteiger partial charge < -0.3 is 4.40 Å². The molecule has 0 unspecified atom stereocenters. The maximum absolute atomic E-state index is 3.73. The van der Waals surface area contributed by atoms with Crippen LogP contribution < -0.4 is 0 Å². The molecule has 0 atom stereocenters. The Kier molecular flexibility index (Phi) is 2.68. The molecular weight excluding hydrogens is 438 g/mol. The lowest BCUT2D eigenvalue weighted by Crippen LogP contribution is -1.92. The molecule has 6 rings (SSSR count). The molecule has 118 valence electrons. The van der Waals surface area contributed by atoms with Gasteiger partial charge in [-0.1, -0.05) is 62.2 Å². The van der Waals surface area contributed by atoms with E-state index in [1.807, 2.05) is 0 Å². The molecule has 3 heteroatoms. The van der Waals surface area contributed by atoms with Gasteiger partial charge in [-0.2, -0.15) is 0 Å². The minimum Gasteiger partial charge on any atom is -0.308 e. The van der Waals surface area contributed by atoms with Gasteiger partial charge in [0.05, 0.1) is 16.6 Å². The Bertz CT molecular complexity index is 1460. The molecule has 6 aromatic rings. The highest BCUT2D eigenvalue weighted by molar-refractivity contribution is 9.10. The van der Waals surface area contributed by atoms with Gasteiger partial charge in [-0.3, -0.25) is 0 Å². The van der Waals surface area contributed by atoms with Crippen molar-refractivity contribution in [2.45, 2.75) is 0 Å². The van der Waals surface area contributed by atoms with Gasteiger partial charge in [-0.15, -0.1) is 0 Å². The number of halogens is 2. The lowest BCUT2D eigenvalue weighted by atomic mass is 9.99. The number of fused-ring (bicyclic) bond motifs is 5. The Balaban J connectivity index is 2.14. The molecule has 4 aromatic carbocycles. The zero-order chi connectivity index (χ0) is 16.7. The Morgan fingerprint density at radius 1 is 0.600 bits per heavy atom. The molecule has 0 bridgehead atoms. The quantitative estimate of drug-likeness (QED) is 0.167. The Morgan fingerprint density at radius 3 is 2.16 bits per heavy atom. The second-order valence-corrected chi connectivity index (χ2v) is 8.36. The van der Waals surface area contributed by atoms with Gasteiger partial charge in [0.15, 0.2) is 0 Å². The summed E-state index contributed by atoms with van der Waals surface area (Å²) in [5.41, 5.74) is 3.82.